The minimum atomic E-state index is -0.386. The van der Waals surface area contributed by atoms with Crippen LogP contribution in [-0.2, 0) is 9.59 Å². The van der Waals surface area contributed by atoms with Crippen LogP contribution in [0.5, 0.6) is 0 Å². The van der Waals surface area contributed by atoms with Crippen molar-refractivity contribution in [3.05, 3.63) is 53.4 Å². The van der Waals surface area contributed by atoms with Crippen molar-refractivity contribution in [2.45, 2.75) is 25.8 Å². The lowest BCUT2D eigenvalue weighted by molar-refractivity contribution is -0.134. The number of aromatic nitrogens is 2. The second-order valence-corrected chi connectivity index (χ2v) is 7.99. The highest BCUT2D eigenvalue weighted by Gasteiger charge is 2.33. The molecule has 1 unspecified atom stereocenters. The van der Waals surface area contributed by atoms with Gasteiger partial charge < -0.3 is 15.5 Å². The molecule has 32 heavy (non-hydrogen) atoms. The maximum absolute atomic E-state index is 13.1. The lowest BCUT2D eigenvalue weighted by Gasteiger charge is -2.30. The van der Waals surface area contributed by atoms with Crippen LogP contribution in [0.25, 0.3) is 0 Å². The summed E-state index contributed by atoms with van der Waals surface area (Å²) >= 11 is 0. The Labute approximate surface area is 185 Å². The van der Waals surface area contributed by atoms with E-state index in [0.29, 0.717) is 42.4 Å². The SMILES string of the molecule is Cc1nc(C2CCCN2C(=O)CN2CCNC(=O)C2)ncc1C(=O)Nc1ccc(F)cc1. The van der Waals surface area contributed by atoms with Crippen LogP contribution in [0.3, 0.4) is 0 Å². The maximum atomic E-state index is 13.1. The molecular weight excluding hydrogens is 415 g/mol. The van der Waals surface area contributed by atoms with Gasteiger partial charge in [-0.25, -0.2) is 14.4 Å². The van der Waals surface area contributed by atoms with Gasteiger partial charge in [0.2, 0.25) is 11.8 Å². The van der Waals surface area contributed by atoms with Crippen molar-refractivity contribution in [2.75, 3.05) is 38.0 Å². The molecule has 10 heteroatoms. The molecule has 2 fully saturated rings. The van der Waals surface area contributed by atoms with E-state index in [4.69, 9.17) is 0 Å². The summed E-state index contributed by atoms with van der Waals surface area (Å²) in [7, 11) is 0. The minimum Gasteiger partial charge on any atom is -0.354 e. The van der Waals surface area contributed by atoms with Gasteiger partial charge >= 0.3 is 0 Å². The van der Waals surface area contributed by atoms with E-state index in [1.54, 1.807) is 11.8 Å². The zero-order valence-electron chi connectivity index (χ0n) is 17.8. The molecule has 0 radical (unpaired) electrons. The summed E-state index contributed by atoms with van der Waals surface area (Å²) in [5.74, 6) is -0.394. The van der Waals surface area contributed by atoms with Crippen molar-refractivity contribution in [1.82, 2.24) is 25.1 Å². The van der Waals surface area contributed by atoms with Crippen LogP contribution in [0.1, 0.15) is 40.8 Å². The van der Waals surface area contributed by atoms with Gasteiger partial charge in [-0.15, -0.1) is 0 Å². The standard InChI is InChI=1S/C22H25FN6O3/c1-14-17(22(32)27-16-6-4-15(23)5-7-16)11-25-21(26-14)18-3-2-9-29(18)20(31)13-28-10-8-24-19(30)12-28/h4-7,11,18H,2-3,8-10,12-13H2,1H3,(H,24,30)(H,27,32). The lowest BCUT2D eigenvalue weighted by atomic mass is 10.1. The summed E-state index contributed by atoms with van der Waals surface area (Å²) in [6.45, 7) is 3.92. The molecular formula is C22H25FN6O3. The number of anilines is 1. The van der Waals surface area contributed by atoms with E-state index in [1.807, 2.05) is 4.90 Å². The van der Waals surface area contributed by atoms with Gasteiger partial charge in [-0.3, -0.25) is 19.3 Å². The molecule has 3 heterocycles. The predicted molar refractivity (Wildman–Crippen MR) is 114 cm³/mol. The summed E-state index contributed by atoms with van der Waals surface area (Å²) in [6, 6.07) is 5.24. The molecule has 4 rings (SSSR count). The average molecular weight is 440 g/mol. The van der Waals surface area contributed by atoms with Crippen molar-refractivity contribution in [1.29, 1.82) is 0 Å². The van der Waals surface area contributed by atoms with Crippen LogP contribution in [0.15, 0.2) is 30.5 Å². The zero-order chi connectivity index (χ0) is 22.7. The van der Waals surface area contributed by atoms with Crippen molar-refractivity contribution >= 4 is 23.4 Å². The van der Waals surface area contributed by atoms with Crippen LogP contribution >= 0.6 is 0 Å². The third kappa shape index (κ3) is 4.91. The van der Waals surface area contributed by atoms with E-state index in [0.717, 1.165) is 12.8 Å². The number of rotatable bonds is 5. The quantitative estimate of drug-likeness (QED) is 0.725. The molecule has 168 valence electrons. The Morgan fingerprint density at radius 3 is 2.75 bits per heavy atom. The largest absolute Gasteiger partial charge is 0.354 e. The van der Waals surface area contributed by atoms with E-state index in [1.165, 1.54) is 30.5 Å². The van der Waals surface area contributed by atoms with Gasteiger partial charge in [-0.05, 0) is 44.0 Å². The minimum absolute atomic E-state index is 0.0541. The highest BCUT2D eigenvalue weighted by Crippen LogP contribution is 2.30. The molecule has 0 aliphatic carbocycles. The van der Waals surface area contributed by atoms with Crippen molar-refractivity contribution in [3.8, 4) is 0 Å². The second-order valence-electron chi connectivity index (χ2n) is 7.99. The first-order chi connectivity index (χ1) is 15.4. The first-order valence-electron chi connectivity index (χ1n) is 10.6. The highest BCUT2D eigenvalue weighted by atomic mass is 19.1. The number of hydrogen-bond donors (Lipinski definition) is 2. The third-order valence-corrected chi connectivity index (χ3v) is 5.69. The van der Waals surface area contributed by atoms with Crippen molar-refractivity contribution < 1.29 is 18.8 Å². The summed E-state index contributed by atoms with van der Waals surface area (Å²) in [4.78, 5) is 49.6. The lowest BCUT2D eigenvalue weighted by Crippen LogP contribution is -2.51. The molecule has 2 aliphatic heterocycles. The molecule has 2 saturated heterocycles. The molecule has 0 spiro atoms. The molecule has 9 nitrogen and oxygen atoms in total. The Morgan fingerprint density at radius 1 is 1.25 bits per heavy atom. The average Bonchev–Trinajstić information content (AvgIpc) is 3.25. The molecule has 3 amide bonds. The van der Waals surface area contributed by atoms with Gasteiger partial charge in [0.05, 0.1) is 30.4 Å². The molecule has 2 aliphatic rings. The van der Waals surface area contributed by atoms with Gasteiger partial charge in [-0.1, -0.05) is 0 Å². The van der Waals surface area contributed by atoms with Crippen molar-refractivity contribution in [3.63, 3.8) is 0 Å². The number of carbonyl (C=O) groups excluding carboxylic acids is 3. The number of hydrogen-bond acceptors (Lipinski definition) is 6. The predicted octanol–water partition coefficient (Wildman–Crippen LogP) is 1.27. The van der Waals surface area contributed by atoms with Gasteiger partial charge in [0, 0.05) is 31.5 Å². The topological polar surface area (TPSA) is 108 Å². The molecule has 1 aromatic carbocycles. The molecule has 2 N–H and O–H groups in total. The van der Waals surface area contributed by atoms with Crippen LogP contribution < -0.4 is 10.6 Å². The Hall–Kier alpha value is -3.40. The maximum Gasteiger partial charge on any atom is 0.259 e. The number of amides is 3. The Morgan fingerprint density at radius 2 is 2.03 bits per heavy atom. The van der Waals surface area contributed by atoms with E-state index in [-0.39, 0.29) is 42.7 Å². The Kier molecular flexibility index (Phi) is 6.40. The normalized spacial score (nSPS) is 19.0. The molecule has 0 bridgehead atoms. The molecule has 1 atom stereocenters. The van der Waals surface area contributed by atoms with E-state index < -0.39 is 0 Å². The fraction of sp³-hybridized carbons (Fsp3) is 0.409. The summed E-state index contributed by atoms with van der Waals surface area (Å²) in [5.41, 5.74) is 1.29. The molecule has 2 aromatic rings. The number of nitrogens with one attached hydrogen (secondary N) is 2. The Balaban J connectivity index is 1.44. The number of likely N-dealkylation sites (tertiary alicyclic amines) is 1. The zero-order valence-corrected chi connectivity index (χ0v) is 17.8. The number of halogens is 1. The number of carbonyl (C=O) groups is 3. The summed E-state index contributed by atoms with van der Waals surface area (Å²) in [5, 5.41) is 5.46. The van der Waals surface area contributed by atoms with Crippen LogP contribution in [0, 0.1) is 12.7 Å². The fourth-order valence-corrected chi connectivity index (χ4v) is 4.04. The fourth-order valence-electron chi connectivity index (χ4n) is 4.04. The monoisotopic (exact) mass is 440 g/mol. The van der Waals surface area contributed by atoms with E-state index in [2.05, 4.69) is 20.6 Å². The second kappa shape index (κ2) is 9.39. The van der Waals surface area contributed by atoms with Gasteiger partial charge in [0.1, 0.15) is 5.82 Å². The number of aryl methyl sites for hydroxylation is 1. The van der Waals surface area contributed by atoms with E-state index in [9.17, 15) is 18.8 Å². The first-order valence-corrected chi connectivity index (χ1v) is 10.6. The number of nitrogens with zero attached hydrogens (tertiary/aromatic N) is 4. The molecule has 1 aromatic heterocycles. The highest BCUT2D eigenvalue weighted by molar-refractivity contribution is 6.04. The third-order valence-electron chi connectivity index (χ3n) is 5.69. The summed E-state index contributed by atoms with van der Waals surface area (Å²) in [6.07, 6.45) is 3.05. The van der Waals surface area contributed by atoms with E-state index >= 15 is 0 Å². The van der Waals surface area contributed by atoms with Gasteiger partial charge in [0.15, 0.2) is 5.82 Å². The number of piperazine rings is 1. The summed E-state index contributed by atoms with van der Waals surface area (Å²) < 4.78 is 13.1. The van der Waals surface area contributed by atoms with Crippen LogP contribution in [0.4, 0.5) is 10.1 Å². The molecule has 0 saturated carbocycles. The van der Waals surface area contributed by atoms with Crippen molar-refractivity contribution in [2.24, 2.45) is 0 Å². The first kappa shape index (κ1) is 21.8. The van der Waals surface area contributed by atoms with Gasteiger partial charge in [0.25, 0.3) is 5.91 Å². The smallest absolute Gasteiger partial charge is 0.259 e. The van der Waals surface area contributed by atoms with Crippen LogP contribution in [-0.4, -0.2) is 70.2 Å². The number of benzene rings is 1. The van der Waals surface area contributed by atoms with Gasteiger partial charge in [-0.2, -0.15) is 0 Å². The van der Waals surface area contributed by atoms with Crippen LogP contribution in [0.2, 0.25) is 0 Å². The Bertz CT molecular complexity index is 1030.